The van der Waals surface area contributed by atoms with Gasteiger partial charge in [0.15, 0.2) is 0 Å². The summed E-state index contributed by atoms with van der Waals surface area (Å²) in [6.45, 7) is 0.936. The molecule has 0 bridgehead atoms. The van der Waals surface area contributed by atoms with Crippen LogP contribution < -0.4 is 21.3 Å². The molecule has 136 valence electrons. The maximum absolute atomic E-state index is 12.0. The number of nitrogens with zero attached hydrogens (tertiary/aromatic N) is 3. The number of anilines is 1. The molecule has 1 heterocycles. The highest BCUT2D eigenvalue weighted by atomic mass is 16.5. The second kappa shape index (κ2) is 8.13. The van der Waals surface area contributed by atoms with E-state index in [4.69, 9.17) is 10.00 Å². The molecule has 0 unspecified atom stereocenters. The second-order valence-electron chi connectivity index (χ2n) is 5.63. The van der Waals surface area contributed by atoms with Crippen LogP contribution in [-0.2, 0) is 18.4 Å². The molecule has 0 spiro atoms. The highest BCUT2D eigenvalue weighted by molar-refractivity contribution is 5.88. The summed E-state index contributed by atoms with van der Waals surface area (Å²) < 4.78 is 7.32. The number of nitrogens with one attached hydrogen (secondary N) is 1. The van der Waals surface area contributed by atoms with Gasteiger partial charge in [0.1, 0.15) is 30.1 Å². The molecule has 0 aliphatic heterocycles. The summed E-state index contributed by atoms with van der Waals surface area (Å²) in [5, 5.41) is 21.6. The van der Waals surface area contributed by atoms with Crippen LogP contribution in [0.1, 0.15) is 12.5 Å². The summed E-state index contributed by atoms with van der Waals surface area (Å²) in [4.78, 5) is 35.0. The van der Waals surface area contributed by atoms with Crippen LogP contribution in [0, 0.1) is 11.3 Å². The van der Waals surface area contributed by atoms with Crippen LogP contribution in [-0.4, -0.2) is 32.9 Å². The maximum Gasteiger partial charge on any atom is 0.330 e. The van der Waals surface area contributed by atoms with Crippen molar-refractivity contribution >= 4 is 11.6 Å². The van der Waals surface area contributed by atoms with Gasteiger partial charge < -0.3 is 19.7 Å². The van der Waals surface area contributed by atoms with Gasteiger partial charge in [-0.15, -0.1) is 0 Å². The van der Waals surface area contributed by atoms with Gasteiger partial charge in [-0.05, 0) is 24.3 Å². The maximum atomic E-state index is 12.0. The van der Waals surface area contributed by atoms with Crippen molar-refractivity contribution in [2.24, 2.45) is 7.05 Å². The minimum atomic E-state index is -1.13. The quantitative estimate of drug-likeness (QED) is 0.737. The summed E-state index contributed by atoms with van der Waals surface area (Å²) in [7, 11) is 1.42. The minimum Gasteiger partial charge on any atom is -0.491 e. The van der Waals surface area contributed by atoms with Crippen molar-refractivity contribution < 1.29 is 14.6 Å². The molecule has 9 nitrogen and oxygen atoms in total. The Kier molecular flexibility index (Phi) is 5.93. The molecule has 0 aliphatic carbocycles. The lowest BCUT2D eigenvalue weighted by atomic mass is 10.3. The molecule has 26 heavy (non-hydrogen) atoms. The Morgan fingerprint density at radius 1 is 1.35 bits per heavy atom. The van der Waals surface area contributed by atoms with Crippen molar-refractivity contribution in [2.75, 3.05) is 11.9 Å². The largest absolute Gasteiger partial charge is 0.491 e. The van der Waals surface area contributed by atoms with Crippen LogP contribution in [0.4, 0.5) is 5.69 Å². The number of rotatable bonds is 6. The van der Waals surface area contributed by atoms with Crippen LogP contribution in [0.15, 0.2) is 40.1 Å². The van der Waals surface area contributed by atoms with Gasteiger partial charge in [-0.2, -0.15) is 5.26 Å². The summed E-state index contributed by atoms with van der Waals surface area (Å²) in [5.41, 5.74) is -0.968. The lowest BCUT2D eigenvalue weighted by Crippen LogP contribution is -2.43. The minimum absolute atomic E-state index is 0.161. The molecular formula is C17H18N4O5. The smallest absolute Gasteiger partial charge is 0.330 e. The average molecular weight is 358 g/mol. The fourth-order valence-corrected chi connectivity index (χ4v) is 2.26. The number of amides is 1. The van der Waals surface area contributed by atoms with Crippen molar-refractivity contribution in [3.63, 3.8) is 0 Å². The van der Waals surface area contributed by atoms with E-state index in [0.29, 0.717) is 11.4 Å². The molecule has 9 heteroatoms. The van der Waals surface area contributed by atoms with E-state index in [9.17, 15) is 19.5 Å². The van der Waals surface area contributed by atoms with Gasteiger partial charge in [0.25, 0.3) is 5.56 Å². The number of aliphatic hydroxyl groups is 1. The zero-order chi connectivity index (χ0) is 19.3. The first kappa shape index (κ1) is 19.0. The van der Waals surface area contributed by atoms with Crippen LogP contribution in [0.3, 0.4) is 0 Å². The van der Waals surface area contributed by atoms with E-state index in [1.165, 1.54) is 14.0 Å². The molecule has 1 amide bonds. The molecular weight excluding hydrogens is 340 g/mol. The van der Waals surface area contributed by atoms with E-state index in [0.717, 1.165) is 15.3 Å². The number of ether oxygens (including phenoxy) is 1. The molecule has 2 aromatic rings. The van der Waals surface area contributed by atoms with E-state index < -0.39 is 17.4 Å². The van der Waals surface area contributed by atoms with E-state index in [-0.39, 0.29) is 24.6 Å². The van der Waals surface area contributed by atoms with Crippen LogP contribution in [0.25, 0.3) is 0 Å². The molecule has 0 saturated heterocycles. The predicted octanol–water partition coefficient (Wildman–Crippen LogP) is -0.183. The summed E-state index contributed by atoms with van der Waals surface area (Å²) in [6, 6.07) is 8.22. The Labute approximate surface area is 148 Å². The standard InChI is InChI=1S/C17H18N4O5/c1-11(22)19-13-3-5-15(6-4-13)26-10-14(23)9-21-16(24)12(7-18)8-20(2)17(21)25/h3-6,8,14,23H,9-10H2,1-2H3,(H,19,22)/t14-/m0/s1. The number of carbonyl (C=O) groups excluding carboxylic acids is 1. The Morgan fingerprint density at radius 3 is 2.58 bits per heavy atom. The molecule has 2 N–H and O–H groups in total. The number of aromatic nitrogens is 2. The van der Waals surface area contributed by atoms with Crippen molar-refractivity contribution in [3.8, 4) is 11.8 Å². The Balaban J connectivity index is 2.04. The number of aryl methyl sites for hydroxylation is 1. The van der Waals surface area contributed by atoms with Crippen LogP contribution in [0.5, 0.6) is 5.75 Å². The van der Waals surface area contributed by atoms with Gasteiger partial charge in [0.05, 0.1) is 6.54 Å². The van der Waals surface area contributed by atoms with E-state index in [1.807, 2.05) is 0 Å². The first-order valence-corrected chi connectivity index (χ1v) is 7.71. The number of hydrogen-bond acceptors (Lipinski definition) is 6. The lowest BCUT2D eigenvalue weighted by molar-refractivity contribution is -0.114. The fourth-order valence-electron chi connectivity index (χ4n) is 2.26. The Morgan fingerprint density at radius 2 is 2.00 bits per heavy atom. The summed E-state index contributed by atoms with van der Waals surface area (Å²) in [6.07, 6.45) is 0.0186. The average Bonchev–Trinajstić information content (AvgIpc) is 2.60. The summed E-state index contributed by atoms with van der Waals surface area (Å²) >= 11 is 0. The number of benzene rings is 1. The SMILES string of the molecule is CC(=O)Nc1ccc(OC[C@@H](O)Cn2c(=O)c(C#N)cn(C)c2=O)cc1. The molecule has 1 aromatic carbocycles. The highest BCUT2D eigenvalue weighted by Crippen LogP contribution is 2.15. The van der Waals surface area contributed by atoms with Crippen molar-refractivity contribution in [2.45, 2.75) is 19.6 Å². The van der Waals surface area contributed by atoms with Gasteiger partial charge in [0.2, 0.25) is 5.91 Å². The highest BCUT2D eigenvalue weighted by Gasteiger charge is 2.14. The van der Waals surface area contributed by atoms with Crippen LogP contribution >= 0.6 is 0 Å². The third-order valence-electron chi connectivity index (χ3n) is 3.46. The first-order chi connectivity index (χ1) is 12.3. The zero-order valence-corrected chi connectivity index (χ0v) is 14.3. The topological polar surface area (TPSA) is 126 Å². The number of carbonyl (C=O) groups is 1. The Hall–Kier alpha value is -3.38. The molecule has 0 radical (unpaired) electrons. The second-order valence-corrected chi connectivity index (χ2v) is 5.63. The van der Waals surface area contributed by atoms with Gasteiger partial charge in [-0.25, -0.2) is 4.79 Å². The van der Waals surface area contributed by atoms with E-state index in [1.54, 1.807) is 30.3 Å². The number of nitriles is 1. The van der Waals surface area contributed by atoms with Gasteiger partial charge in [-0.3, -0.25) is 14.2 Å². The third-order valence-corrected chi connectivity index (χ3v) is 3.46. The first-order valence-electron chi connectivity index (χ1n) is 7.71. The molecule has 0 fully saturated rings. The van der Waals surface area contributed by atoms with E-state index >= 15 is 0 Å². The molecule has 0 saturated carbocycles. The lowest BCUT2D eigenvalue weighted by Gasteiger charge is -2.14. The monoisotopic (exact) mass is 358 g/mol. The molecule has 0 aliphatic rings. The Bertz CT molecular complexity index is 953. The van der Waals surface area contributed by atoms with Crippen LogP contribution in [0.2, 0.25) is 0 Å². The molecule has 1 aromatic heterocycles. The zero-order valence-electron chi connectivity index (χ0n) is 14.3. The van der Waals surface area contributed by atoms with E-state index in [2.05, 4.69) is 5.32 Å². The van der Waals surface area contributed by atoms with Gasteiger partial charge in [0, 0.05) is 25.9 Å². The summed E-state index contributed by atoms with van der Waals surface area (Å²) in [5.74, 6) is 0.255. The van der Waals surface area contributed by atoms with Gasteiger partial charge in [-0.1, -0.05) is 0 Å². The van der Waals surface area contributed by atoms with Gasteiger partial charge >= 0.3 is 5.69 Å². The predicted molar refractivity (Wildman–Crippen MR) is 92.9 cm³/mol. The normalized spacial score (nSPS) is 11.5. The number of hydrogen-bond donors (Lipinski definition) is 2. The number of aliphatic hydroxyl groups excluding tert-OH is 1. The third kappa shape index (κ3) is 4.58. The molecule has 1 atom stereocenters. The molecule has 2 rings (SSSR count). The van der Waals surface area contributed by atoms with Crippen molar-refractivity contribution in [3.05, 3.63) is 56.9 Å². The van der Waals surface area contributed by atoms with Crippen molar-refractivity contribution in [1.82, 2.24) is 9.13 Å². The van der Waals surface area contributed by atoms with Crippen molar-refractivity contribution in [1.29, 1.82) is 5.26 Å². The fraction of sp³-hybridized carbons (Fsp3) is 0.294.